The zero-order valence-electron chi connectivity index (χ0n) is 16.5. The van der Waals surface area contributed by atoms with Gasteiger partial charge in [-0.3, -0.25) is 9.10 Å². The molecule has 6 nitrogen and oxygen atoms in total. The Morgan fingerprint density at radius 2 is 1.70 bits per heavy atom. The van der Waals surface area contributed by atoms with Gasteiger partial charge in [-0.05, 0) is 49.4 Å². The van der Waals surface area contributed by atoms with Gasteiger partial charge >= 0.3 is 0 Å². The first-order valence-corrected chi connectivity index (χ1v) is 10.6. The lowest BCUT2D eigenvalue weighted by Gasteiger charge is -2.23. The molecule has 0 aromatic heterocycles. The summed E-state index contributed by atoms with van der Waals surface area (Å²) < 4.78 is 47.1. The first-order chi connectivity index (χ1) is 14.4. The number of ether oxygens (including phenoxy) is 1. The summed E-state index contributed by atoms with van der Waals surface area (Å²) in [6.07, 6.45) is 0. The molecule has 1 N–H and O–H groups in total. The van der Waals surface area contributed by atoms with Gasteiger partial charge in [-0.1, -0.05) is 30.3 Å². The number of sulfonamides is 1. The number of hydrogen-bond acceptors (Lipinski definition) is 4. The number of halogens is 1. The predicted octanol–water partition coefficient (Wildman–Crippen LogP) is 4.30. The van der Waals surface area contributed by atoms with Crippen LogP contribution in [0.4, 0.5) is 15.8 Å². The van der Waals surface area contributed by atoms with Crippen LogP contribution in [0.5, 0.6) is 5.75 Å². The molecule has 0 fully saturated rings. The van der Waals surface area contributed by atoms with Gasteiger partial charge in [0.05, 0.1) is 28.9 Å². The van der Waals surface area contributed by atoms with Crippen LogP contribution in [-0.2, 0) is 10.0 Å². The molecular formula is C22H21FN2O4S. The standard InChI is InChI=1S/C22H21FN2O4S/c1-3-25(16-9-5-4-6-10-16)30(27,28)17-13-14-19(23)18(15-17)22(26)24-20-11-7-8-12-21(20)29-2/h4-15H,3H2,1-2H3,(H,24,26). The molecule has 0 saturated heterocycles. The number of nitrogens with zero attached hydrogens (tertiary/aromatic N) is 1. The monoisotopic (exact) mass is 428 g/mol. The van der Waals surface area contributed by atoms with Gasteiger partial charge in [0, 0.05) is 6.54 Å². The molecule has 0 unspecified atom stereocenters. The fourth-order valence-corrected chi connectivity index (χ4v) is 4.49. The van der Waals surface area contributed by atoms with Crippen molar-refractivity contribution in [2.24, 2.45) is 0 Å². The normalized spacial score (nSPS) is 11.0. The largest absolute Gasteiger partial charge is 0.495 e. The Kier molecular flexibility index (Phi) is 6.37. The maximum absolute atomic E-state index is 14.4. The van der Waals surface area contributed by atoms with Crippen LogP contribution in [0.2, 0.25) is 0 Å². The van der Waals surface area contributed by atoms with Gasteiger partial charge < -0.3 is 10.1 Å². The second kappa shape index (κ2) is 8.96. The molecule has 3 rings (SSSR count). The Labute approximate surface area is 175 Å². The molecule has 0 heterocycles. The number of anilines is 2. The van der Waals surface area contributed by atoms with Crippen molar-refractivity contribution in [3.8, 4) is 5.75 Å². The number of nitrogens with one attached hydrogen (secondary N) is 1. The molecule has 3 aromatic rings. The highest BCUT2D eigenvalue weighted by atomic mass is 32.2. The fourth-order valence-electron chi connectivity index (χ4n) is 2.99. The van der Waals surface area contributed by atoms with Gasteiger partial charge in [-0.15, -0.1) is 0 Å². The maximum atomic E-state index is 14.4. The van der Waals surface area contributed by atoms with Gasteiger partial charge in [0.15, 0.2) is 0 Å². The third kappa shape index (κ3) is 4.28. The predicted molar refractivity (Wildman–Crippen MR) is 114 cm³/mol. The van der Waals surface area contributed by atoms with Crippen molar-refractivity contribution in [2.75, 3.05) is 23.3 Å². The average Bonchev–Trinajstić information content (AvgIpc) is 2.75. The van der Waals surface area contributed by atoms with E-state index in [-0.39, 0.29) is 17.0 Å². The van der Waals surface area contributed by atoms with Crippen molar-refractivity contribution >= 4 is 27.3 Å². The first kappa shape index (κ1) is 21.3. The molecule has 0 bridgehead atoms. The highest BCUT2D eigenvalue weighted by molar-refractivity contribution is 7.92. The van der Waals surface area contributed by atoms with Gasteiger partial charge in [0.25, 0.3) is 15.9 Å². The summed E-state index contributed by atoms with van der Waals surface area (Å²) in [6, 6.07) is 18.4. The molecule has 0 saturated carbocycles. The third-order valence-corrected chi connectivity index (χ3v) is 6.36. The molecule has 0 aliphatic rings. The Morgan fingerprint density at radius 3 is 2.37 bits per heavy atom. The van der Waals surface area contributed by atoms with Crippen molar-refractivity contribution in [3.63, 3.8) is 0 Å². The number of benzene rings is 3. The molecule has 156 valence electrons. The molecular weight excluding hydrogens is 407 g/mol. The summed E-state index contributed by atoms with van der Waals surface area (Å²) in [5.74, 6) is -1.21. The topological polar surface area (TPSA) is 75.7 Å². The first-order valence-electron chi connectivity index (χ1n) is 9.20. The lowest BCUT2D eigenvalue weighted by atomic mass is 10.2. The van der Waals surface area contributed by atoms with Crippen LogP contribution in [0.15, 0.2) is 77.7 Å². The van der Waals surface area contributed by atoms with Crippen LogP contribution in [0, 0.1) is 5.82 Å². The number of methoxy groups -OCH3 is 1. The fraction of sp³-hybridized carbons (Fsp3) is 0.136. The number of para-hydroxylation sites is 3. The summed E-state index contributed by atoms with van der Waals surface area (Å²) in [4.78, 5) is 12.5. The number of amides is 1. The summed E-state index contributed by atoms with van der Waals surface area (Å²) in [5.41, 5.74) is 0.438. The zero-order chi connectivity index (χ0) is 21.7. The molecule has 0 spiro atoms. The zero-order valence-corrected chi connectivity index (χ0v) is 17.3. The van der Waals surface area contributed by atoms with Crippen molar-refractivity contribution in [1.82, 2.24) is 0 Å². The number of hydrogen-bond donors (Lipinski definition) is 1. The van der Waals surface area contributed by atoms with Crippen LogP contribution in [-0.4, -0.2) is 28.0 Å². The summed E-state index contributed by atoms with van der Waals surface area (Å²) in [6.45, 7) is 1.87. The number of rotatable bonds is 7. The third-order valence-electron chi connectivity index (χ3n) is 4.46. The van der Waals surface area contributed by atoms with Gasteiger partial charge in [-0.2, -0.15) is 0 Å². The van der Waals surface area contributed by atoms with E-state index < -0.39 is 21.7 Å². The van der Waals surface area contributed by atoms with E-state index >= 15 is 0 Å². The minimum absolute atomic E-state index is 0.173. The summed E-state index contributed by atoms with van der Waals surface area (Å²) in [7, 11) is -2.55. The lowest BCUT2D eigenvalue weighted by molar-refractivity contribution is 0.102. The van der Waals surface area contributed by atoms with Crippen LogP contribution in [0.1, 0.15) is 17.3 Å². The number of carbonyl (C=O) groups excluding carboxylic acids is 1. The summed E-state index contributed by atoms with van der Waals surface area (Å²) in [5, 5.41) is 2.56. The van der Waals surface area contributed by atoms with Gasteiger partial charge in [-0.25, -0.2) is 12.8 Å². The highest BCUT2D eigenvalue weighted by Gasteiger charge is 2.26. The van der Waals surface area contributed by atoms with E-state index in [1.807, 2.05) is 0 Å². The van der Waals surface area contributed by atoms with E-state index in [2.05, 4.69) is 5.32 Å². The quantitative estimate of drug-likeness (QED) is 0.609. The molecule has 1 amide bonds. The SMILES string of the molecule is CCN(c1ccccc1)S(=O)(=O)c1ccc(F)c(C(=O)Nc2ccccc2OC)c1. The molecule has 8 heteroatoms. The van der Waals surface area contributed by atoms with Gasteiger partial charge in [0.1, 0.15) is 11.6 Å². The lowest BCUT2D eigenvalue weighted by Crippen LogP contribution is -2.31. The van der Waals surface area contributed by atoms with Crippen molar-refractivity contribution < 1.29 is 22.3 Å². The van der Waals surface area contributed by atoms with Crippen LogP contribution < -0.4 is 14.4 Å². The van der Waals surface area contributed by atoms with Crippen LogP contribution in [0.25, 0.3) is 0 Å². The van der Waals surface area contributed by atoms with E-state index in [0.29, 0.717) is 17.1 Å². The van der Waals surface area contributed by atoms with E-state index in [9.17, 15) is 17.6 Å². The van der Waals surface area contributed by atoms with E-state index in [1.165, 1.54) is 11.4 Å². The van der Waals surface area contributed by atoms with E-state index in [0.717, 1.165) is 18.2 Å². The average molecular weight is 428 g/mol. The van der Waals surface area contributed by atoms with Crippen LogP contribution >= 0.6 is 0 Å². The van der Waals surface area contributed by atoms with Crippen molar-refractivity contribution in [2.45, 2.75) is 11.8 Å². The Hall–Kier alpha value is -3.39. The molecule has 0 aliphatic carbocycles. The highest BCUT2D eigenvalue weighted by Crippen LogP contribution is 2.27. The number of carbonyl (C=O) groups is 1. The van der Waals surface area contributed by atoms with E-state index in [1.54, 1.807) is 61.5 Å². The smallest absolute Gasteiger partial charge is 0.264 e. The molecule has 0 radical (unpaired) electrons. The molecule has 0 atom stereocenters. The van der Waals surface area contributed by atoms with Crippen LogP contribution in [0.3, 0.4) is 0 Å². The second-order valence-corrected chi connectivity index (χ2v) is 8.16. The molecule has 0 aliphatic heterocycles. The maximum Gasteiger partial charge on any atom is 0.264 e. The summed E-state index contributed by atoms with van der Waals surface area (Å²) >= 11 is 0. The van der Waals surface area contributed by atoms with E-state index in [4.69, 9.17) is 4.74 Å². The van der Waals surface area contributed by atoms with Gasteiger partial charge in [0.2, 0.25) is 0 Å². The Bertz CT molecular complexity index is 1150. The second-order valence-electron chi connectivity index (χ2n) is 6.30. The minimum Gasteiger partial charge on any atom is -0.495 e. The molecule has 30 heavy (non-hydrogen) atoms. The minimum atomic E-state index is -4.00. The Morgan fingerprint density at radius 1 is 1.03 bits per heavy atom. The van der Waals surface area contributed by atoms with Crippen molar-refractivity contribution in [1.29, 1.82) is 0 Å². The Balaban J connectivity index is 1.97. The molecule has 3 aromatic carbocycles. The van der Waals surface area contributed by atoms with Crippen molar-refractivity contribution in [3.05, 3.63) is 84.2 Å².